The van der Waals surface area contributed by atoms with Crippen LogP contribution < -0.4 is 5.32 Å². The first kappa shape index (κ1) is 13.3. The van der Waals surface area contributed by atoms with E-state index in [0.29, 0.717) is 17.1 Å². The van der Waals surface area contributed by atoms with Gasteiger partial charge in [0.25, 0.3) is 5.91 Å². The number of hydrogen-bond acceptors (Lipinski definition) is 3. The number of carbonyl (C=O) groups excluding carboxylic acids is 1. The van der Waals surface area contributed by atoms with Crippen LogP contribution in [-0.2, 0) is 0 Å². The van der Waals surface area contributed by atoms with Crippen LogP contribution in [-0.4, -0.2) is 20.9 Å². The fourth-order valence-electron chi connectivity index (χ4n) is 2.11. The van der Waals surface area contributed by atoms with Crippen LogP contribution in [0.4, 0.5) is 5.69 Å². The van der Waals surface area contributed by atoms with Gasteiger partial charge in [0.2, 0.25) is 0 Å². The summed E-state index contributed by atoms with van der Waals surface area (Å²) in [7, 11) is 0. The molecule has 1 aromatic carbocycles. The summed E-state index contributed by atoms with van der Waals surface area (Å²) in [5.74, 6) is 0.290. The highest BCUT2D eigenvalue weighted by Crippen LogP contribution is 2.18. The van der Waals surface area contributed by atoms with E-state index in [4.69, 9.17) is 0 Å². The highest BCUT2D eigenvalue weighted by molar-refractivity contribution is 6.05. The van der Waals surface area contributed by atoms with E-state index in [1.54, 1.807) is 12.4 Å². The molecule has 0 bridgehead atoms. The number of fused-ring (bicyclic) bond motifs is 1. The number of carbonyl (C=O) groups is 1. The summed E-state index contributed by atoms with van der Waals surface area (Å²) in [6, 6.07) is 9.62. The Morgan fingerprint density at radius 2 is 1.95 bits per heavy atom. The monoisotopic (exact) mass is 280 g/mol. The third kappa shape index (κ3) is 2.76. The van der Waals surface area contributed by atoms with Crippen LogP contribution in [0.15, 0.2) is 42.9 Å². The Morgan fingerprint density at radius 1 is 1.19 bits per heavy atom. The molecule has 0 aliphatic carbocycles. The first-order chi connectivity index (χ1) is 10.1. The Bertz CT molecular complexity index is 774. The van der Waals surface area contributed by atoms with E-state index >= 15 is 0 Å². The molecule has 0 saturated carbocycles. The molecule has 2 N–H and O–H groups in total. The second kappa shape index (κ2) is 5.36. The predicted molar refractivity (Wildman–Crippen MR) is 82.4 cm³/mol. The van der Waals surface area contributed by atoms with Crippen molar-refractivity contribution < 1.29 is 4.79 Å². The Hall–Kier alpha value is -2.69. The van der Waals surface area contributed by atoms with E-state index in [9.17, 15) is 4.79 Å². The number of hydrogen-bond donors (Lipinski definition) is 2. The van der Waals surface area contributed by atoms with E-state index in [-0.39, 0.29) is 5.91 Å². The number of aromatic amines is 1. The molecule has 0 aliphatic rings. The molecule has 0 fully saturated rings. The van der Waals surface area contributed by atoms with E-state index < -0.39 is 0 Å². The highest BCUT2D eigenvalue weighted by Gasteiger charge is 2.09. The van der Waals surface area contributed by atoms with E-state index in [2.05, 4.69) is 34.1 Å². The molecule has 0 unspecified atom stereocenters. The number of benzene rings is 1. The summed E-state index contributed by atoms with van der Waals surface area (Å²) in [5.41, 5.74) is 3.87. The third-order valence-electron chi connectivity index (χ3n) is 3.37. The lowest BCUT2D eigenvalue weighted by atomic mass is 10.0. The van der Waals surface area contributed by atoms with Crippen LogP contribution in [0.25, 0.3) is 11.2 Å². The number of amides is 1. The zero-order valence-corrected chi connectivity index (χ0v) is 11.9. The van der Waals surface area contributed by atoms with Gasteiger partial charge in [-0.05, 0) is 29.7 Å². The average molecular weight is 280 g/mol. The van der Waals surface area contributed by atoms with Gasteiger partial charge in [0.1, 0.15) is 0 Å². The number of anilines is 1. The van der Waals surface area contributed by atoms with Gasteiger partial charge < -0.3 is 10.3 Å². The number of imidazole rings is 1. The molecule has 0 saturated heterocycles. The molecular formula is C16H16N4O. The van der Waals surface area contributed by atoms with Gasteiger partial charge in [-0.3, -0.25) is 4.79 Å². The van der Waals surface area contributed by atoms with Crippen LogP contribution in [0.2, 0.25) is 0 Å². The van der Waals surface area contributed by atoms with Crippen LogP contribution >= 0.6 is 0 Å². The Morgan fingerprint density at radius 3 is 2.67 bits per heavy atom. The van der Waals surface area contributed by atoms with Crippen LogP contribution in [0.1, 0.15) is 35.7 Å². The molecule has 2 heterocycles. The number of rotatable bonds is 3. The summed E-state index contributed by atoms with van der Waals surface area (Å²) in [4.78, 5) is 23.3. The van der Waals surface area contributed by atoms with Crippen molar-refractivity contribution in [1.82, 2.24) is 15.0 Å². The molecule has 5 nitrogen and oxygen atoms in total. The molecule has 2 aromatic heterocycles. The number of pyridine rings is 1. The lowest BCUT2D eigenvalue weighted by Gasteiger charge is -2.08. The molecular weight excluding hydrogens is 264 g/mol. The largest absolute Gasteiger partial charge is 0.343 e. The molecule has 0 aliphatic heterocycles. The minimum Gasteiger partial charge on any atom is -0.343 e. The maximum absolute atomic E-state index is 12.2. The average Bonchev–Trinajstić information content (AvgIpc) is 2.95. The van der Waals surface area contributed by atoms with Gasteiger partial charge in [-0.2, -0.15) is 0 Å². The fraction of sp³-hybridized carbons (Fsp3) is 0.188. The zero-order chi connectivity index (χ0) is 14.8. The Kier molecular flexibility index (Phi) is 3.39. The minimum absolute atomic E-state index is 0.184. The molecule has 0 atom stereocenters. The normalized spacial score (nSPS) is 11.0. The van der Waals surface area contributed by atoms with Gasteiger partial charge in [-0.25, -0.2) is 9.97 Å². The van der Waals surface area contributed by atoms with Crippen molar-refractivity contribution >= 4 is 22.8 Å². The fourth-order valence-corrected chi connectivity index (χ4v) is 2.11. The van der Waals surface area contributed by atoms with Crippen molar-refractivity contribution in [2.75, 3.05) is 5.32 Å². The second-order valence-corrected chi connectivity index (χ2v) is 5.23. The van der Waals surface area contributed by atoms with Gasteiger partial charge in [0, 0.05) is 11.9 Å². The van der Waals surface area contributed by atoms with E-state index in [1.807, 2.05) is 24.3 Å². The van der Waals surface area contributed by atoms with Crippen molar-refractivity contribution in [3.63, 3.8) is 0 Å². The molecule has 0 radical (unpaired) electrons. The SMILES string of the molecule is CC(C)c1ccc(NC(=O)c2cnc3nc[nH]c3c2)cc1. The van der Waals surface area contributed by atoms with Gasteiger partial charge in [-0.15, -0.1) is 0 Å². The topological polar surface area (TPSA) is 70.7 Å². The number of aromatic nitrogens is 3. The number of nitrogens with zero attached hydrogens (tertiary/aromatic N) is 2. The zero-order valence-electron chi connectivity index (χ0n) is 11.9. The van der Waals surface area contributed by atoms with Gasteiger partial charge in [0.05, 0.1) is 17.4 Å². The molecule has 3 aromatic rings. The molecule has 0 spiro atoms. The van der Waals surface area contributed by atoms with Crippen molar-refractivity contribution in [1.29, 1.82) is 0 Å². The first-order valence-corrected chi connectivity index (χ1v) is 6.84. The molecule has 3 rings (SSSR count). The summed E-state index contributed by atoms with van der Waals surface area (Å²) in [6.07, 6.45) is 3.09. The summed E-state index contributed by atoms with van der Waals surface area (Å²) >= 11 is 0. The smallest absolute Gasteiger partial charge is 0.257 e. The predicted octanol–water partition coefficient (Wildman–Crippen LogP) is 3.33. The summed E-state index contributed by atoms with van der Waals surface area (Å²) in [5, 5.41) is 2.87. The van der Waals surface area contributed by atoms with Crippen LogP contribution in [0.3, 0.4) is 0 Å². The van der Waals surface area contributed by atoms with Crippen molar-refractivity contribution in [2.45, 2.75) is 19.8 Å². The standard InChI is InChI=1S/C16H16N4O/c1-10(2)11-3-5-13(6-4-11)20-16(21)12-7-14-15(17-8-12)19-9-18-14/h3-10H,1-2H3,(H,20,21)(H,17,18,19). The lowest BCUT2D eigenvalue weighted by molar-refractivity contribution is 0.102. The summed E-state index contributed by atoms with van der Waals surface area (Å²) < 4.78 is 0. The van der Waals surface area contributed by atoms with Crippen LogP contribution in [0, 0.1) is 0 Å². The maximum Gasteiger partial charge on any atom is 0.257 e. The summed E-state index contributed by atoms with van der Waals surface area (Å²) in [6.45, 7) is 4.28. The molecule has 21 heavy (non-hydrogen) atoms. The third-order valence-corrected chi connectivity index (χ3v) is 3.37. The molecule has 5 heteroatoms. The molecule has 106 valence electrons. The number of H-pyrrole nitrogens is 1. The van der Waals surface area contributed by atoms with Crippen molar-refractivity contribution in [3.05, 3.63) is 54.0 Å². The highest BCUT2D eigenvalue weighted by atomic mass is 16.1. The molecule has 1 amide bonds. The quantitative estimate of drug-likeness (QED) is 0.773. The Balaban J connectivity index is 1.78. The van der Waals surface area contributed by atoms with Gasteiger partial charge in [-0.1, -0.05) is 26.0 Å². The van der Waals surface area contributed by atoms with Crippen LogP contribution in [0.5, 0.6) is 0 Å². The van der Waals surface area contributed by atoms with Crippen molar-refractivity contribution in [2.24, 2.45) is 0 Å². The second-order valence-electron chi connectivity index (χ2n) is 5.23. The van der Waals surface area contributed by atoms with Crippen molar-refractivity contribution in [3.8, 4) is 0 Å². The Labute approximate surface area is 122 Å². The van der Waals surface area contributed by atoms with E-state index in [1.165, 1.54) is 11.8 Å². The minimum atomic E-state index is -0.184. The van der Waals surface area contributed by atoms with Gasteiger partial charge >= 0.3 is 0 Å². The number of nitrogens with one attached hydrogen (secondary N) is 2. The van der Waals surface area contributed by atoms with Gasteiger partial charge in [0.15, 0.2) is 5.65 Å². The lowest BCUT2D eigenvalue weighted by Crippen LogP contribution is -2.12. The van der Waals surface area contributed by atoms with E-state index in [0.717, 1.165) is 11.2 Å². The maximum atomic E-state index is 12.2. The first-order valence-electron chi connectivity index (χ1n) is 6.84.